The van der Waals surface area contributed by atoms with Crippen LogP contribution in [0.2, 0.25) is 0 Å². The van der Waals surface area contributed by atoms with Gasteiger partial charge in [-0.2, -0.15) is 0 Å². The fourth-order valence-corrected chi connectivity index (χ4v) is 12.7. The second-order valence-corrected chi connectivity index (χ2v) is 17.5. The van der Waals surface area contributed by atoms with E-state index in [0.717, 1.165) is 0 Å². The van der Waals surface area contributed by atoms with Gasteiger partial charge >= 0.3 is 267 Å². The van der Waals surface area contributed by atoms with E-state index in [9.17, 15) is 0 Å². The first-order valence-corrected chi connectivity index (χ1v) is 18.4. The minimum atomic E-state index is -0.978. The van der Waals surface area contributed by atoms with Gasteiger partial charge in [-0.3, -0.25) is 0 Å². The van der Waals surface area contributed by atoms with Crippen LogP contribution in [0.25, 0.3) is 34.4 Å². The first-order chi connectivity index (χ1) is 20.0. The van der Waals surface area contributed by atoms with Crippen molar-refractivity contribution in [3.8, 4) is 22.3 Å². The zero-order valence-electron chi connectivity index (χ0n) is 27.6. The number of benzene rings is 4. The van der Waals surface area contributed by atoms with Gasteiger partial charge in [0, 0.05) is 0 Å². The molecule has 0 saturated carbocycles. The van der Waals surface area contributed by atoms with Gasteiger partial charge in [0.25, 0.3) is 0 Å². The molecule has 0 fully saturated rings. The van der Waals surface area contributed by atoms with E-state index in [4.69, 9.17) is 0 Å². The van der Waals surface area contributed by atoms with E-state index in [1.807, 2.05) is 0 Å². The van der Waals surface area contributed by atoms with Crippen LogP contribution in [0.1, 0.15) is 93.3 Å². The molecule has 0 aromatic heterocycles. The first kappa shape index (κ1) is 34.7. The van der Waals surface area contributed by atoms with Gasteiger partial charge in [0.1, 0.15) is 0 Å². The van der Waals surface area contributed by atoms with Crippen molar-refractivity contribution in [3.05, 3.63) is 128 Å². The molecule has 6 rings (SSSR count). The number of halogens is 2. The number of hydrogen-bond donors (Lipinski definition) is 0. The van der Waals surface area contributed by atoms with Crippen LogP contribution in [-0.2, 0) is 28.6 Å². The third-order valence-corrected chi connectivity index (χ3v) is 14.9. The van der Waals surface area contributed by atoms with E-state index in [-0.39, 0.29) is 30.2 Å². The van der Waals surface area contributed by atoms with Crippen LogP contribution >= 0.6 is 0 Å². The van der Waals surface area contributed by atoms with Crippen LogP contribution in [0.5, 0.6) is 0 Å². The normalized spacial score (nSPS) is 16.8. The van der Waals surface area contributed by atoms with E-state index in [2.05, 4.69) is 147 Å². The van der Waals surface area contributed by atoms with Crippen molar-refractivity contribution < 1.29 is 48.0 Å². The maximum absolute atomic E-state index is 2.57. The van der Waals surface area contributed by atoms with Crippen molar-refractivity contribution in [2.75, 3.05) is 0 Å². The minimum absolute atomic E-state index is 0. The molecule has 4 aromatic rings. The van der Waals surface area contributed by atoms with E-state index in [1.54, 1.807) is 22.3 Å². The average Bonchev–Trinajstić information content (AvgIpc) is 3.50. The molecule has 4 aromatic carbocycles. The molecule has 0 radical (unpaired) electrons. The van der Waals surface area contributed by atoms with E-state index in [0.29, 0.717) is 13.2 Å². The molecule has 0 nitrogen and oxygen atoms in total. The smallest absolute Gasteiger partial charge is 1.00 e. The van der Waals surface area contributed by atoms with Gasteiger partial charge in [0.2, 0.25) is 0 Å². The van der Waals surface area contributed by atoms with Crippen molar-refractivity contribution in [1.82, 2.24) is 0 Å². The SMILES string of the molecule is CC1=Cc2c(-c3ccc(C(C)(C)C)cc3)c(C)c(C)c(C)c2[CH]1[Zr+2][CH]1C(C(C)C)=Cc2c(-c3ccccc3)cccc21.[Cl-].[Cl-]. The van der Waals surface area contributed by atoms with Gasteiger partial charge in [0.05, 0.1) is 0 Å². The predicted molar refractivity (Wildman–Crippen MR) is 179 cm³/mol. The third kappa shape index (κ3) is 6.02. The zero-order chi connectivity index (χ0) is 29.9. The standard InChI is InChI=1S/C23H27.C18H17.2ClH.Zr/c1-14-12-20-16(3)15(2)17(4)22(21(20)13-14)18-8-10-19(11-9-18)23(5,6)7;1-13(2)16-11-15-9-6-10-17(18(15)12-16)14-7-4-3-5-8-14;;;/h8-13H,1-7H3;3-13H,1-2H3;2*1H;/q;;;;+2/p-2. The molecule has 2 atom stereocenters. The van der Waals surface area contributed by atoms with Crippen LogP contribution in [0.4, 0.5) is 0 Å². The second-order valence-electron chi connectivity index (χ2n) is 13.8. The molecule has 2 aliphatic rings. The zero-order valence-corrected chi connectivity index (χ0v) is 31.5. The Morgan fingerprint density at radius 2 is 1.30 bits per heavy atom. The van der Waals surface area contributed by atoms with Gasteiger partial charge in [0.15, 0.2) is 0 Å². The third-order valence-electron chi connectivity index (χ3n) is 9.80. The molecule has 0 spiro atoms. The Morgan fingerprint density at radius 3 is 1.91 bits per heavy atom. The van der Waals surface area contributed by atoms with Crippen LogP contribution in [0.3, 0.4) is 0 Å². The first-order valence-electron chi connectivity index (χ1n) is 15.6. The minimum Gasteiger partial charge on any atom is -1.00 e. The Labute approximate surface area is 289 Å². The summed E-state index contributed by atoms with van der Waals surface area (Å²) in [7, 11) is 0. The van der Waals surface area contributed by atoms with Crippen LogP contribution < -0.4 is 24.8 Å². The maximum atomic E-state index is 2.57. The summed E-state index contributed by atoms with van der Waals surface area (Å²) in [4.78, 5) is 0. The molecule has 0 aliphatic heterocycles. The monoisotopic (exact) mass is 696 g/mol. The Kier molecular flexibility index (Phi) is 10.5. The molecular formula is C41H44Cl2Zr. The average molecular weight is 699 g/mol. The summed E-state index contributed by atoms with van der Waals surface area (Å²) in [6, 6.07) is 27.4. The molecule has 2 unspecified atom stereocenters. The van der Waals surface area contributed by atoms with Crippen LogP contribution in [-0.4, -0.2) is 0 Å². The van der Waals surface area contributed by atoms with E-state index >= 15 is 0 Å². The second kappa shape index (κ2) is 13.3. The summed E-state index contributed by atoms with van der Waals surface area (Å²) in [5.41, 5.74) is 20.9. The molecule has 44 heavy (non-hydrogen) atoms. The van der Waals surface area contributed by atoms with Gasteiger partial charge < -0.3 is 24.8 Å². The quantitative estimate of drug-likeness (QED) is 0.255. The number of hydrogen-bond acceptors (Lipinski definition) is 0. The topological polar surface area (TPSA) is 0 Å². The largest absolute Gasteiger partial charge is 1.00 e. The Morgan fingerprint density at radius 1 is 0.636 bits per heavy atom. The van der Waals surface area contributed by atoms with Gasteiger partial charge in [-0.05, 0) is 0 Å². The fraction of sp³-hybridized carbons (Fsp3) is 0.317. The molecule has 2 aliphatic carbocycles. The summed E-state index contributed by atoms with van der Waals surface area (Å²) in [6.45, 7) is 21.2. The Hall–Kier alpha value is -2.18. The van der Waals surface area contributed by atoms with E-state index in [1.165, 1.54) is 55.6 Å². The molecule has 3 heteroatoms. The molecular weight excluding hydrogens is 655 g/mol. The van der Waals surface area contributed by atoms with E-state index < -0.39 is 23.2 Å². The number of fused-ring (bicyclic) bond motifs is 2. The molecule has 226 valence electrons. The van der Waals surface area contributed by atoms with Crippen molar-refractivity contribution in [2.45, 2.75) is 75.0 Å². The fourth-order valence-electron chi connectivity index (χ4n) is 7.14. The Bertz CT molecular complexity index is 1730. The summed E-state index contributed by atoms with van der Waals surface area (Å²) in [6.07, 6.45) is 5.13. The van der Waals surface area contributed by atoms with Gasteiger partial charge in [-0.1, -0.05) is 0 Å². The summed E-state index contributed by atoms with van der Waals surface area (Å²) < 4.78 is 1.19. The van der Waals surface area contributed by atoms with Crippen LogP contribution in [0.15, 0.2) is 83.9 Å². The van der Waals surface area contributed by atoms with Crippen molar-refractivity contribution in [1.29, 1.82) is 0 Å². The predicted octanol–water partition coefficient (Wildman–Crippen LogP) is 5.59. The Balaban J connectivity index is 0.00000221. The summed E-state index contributed by atoms with van der Waals surface area (Å²) in [5.74, 6) is 0.551. The van der Waals surface area contributed by atoms with Crippen molar-refractivity contribution in [2.24, 2.45) is 5.92 Å². The van der Waals surface area contributed by atoms with Gasteiger partial charge in [-0.15, -0.1) is 0 Å². The number of allylic oxidation sites excluding steroid dienone is 2. The molecule has 0 bridgehead atoms. The van der Waals surface area contributed by atoms with Crippen molar-refractivity contribution in [3.63, 3.8) is 0 Å². The molecule has 0 saturated heterocycles. The van der Waals surface area contributed by atoms with Crippen molar-refractivity contribution >= 4 is 12.2 Å². The van der Waals surface area contributed by atoms with Gasteiger partial charge in [-0.25, -0.2) is 0 Å². The molecule has 0 amide bonds. The van der Waals surface area contributed by atoms with Crippen LogP contribution in [0, 0.1) is 26.7 Å². The maximum Gasteiger partial charge on any atom is -1.00 e. The summed E-state index contributed by atoms with van der Waals surface area (Å²) >= 11 is -0.978. The number of rotatable bonds is 5. The molecule has 0 N–H and O–H groups in total. The molecule has 0 heterocycles. The summed E-state index contributed by atoms with van der Waals surface area (Å²) in [5, 5.41) is 0.